The third-order valence-corrected chi connectivity index (χ3v) is 4.58. The summed E-state index contributed by atoms with van der Waals surface area (Å²) in [6.07, 6.45) is 4.75. The summed E-state index contributed by atoms with van der Waals surface area (Å²) >= 11 is 3.53. The van der Waals surface area contributed by atoms with Crippen LogP contribution in [0, 0.1) is 5.41 Å². The Balaban J connectivity index is 2.39. The van der Waals surface area contributed by atoms with Gasteiger partial charge in [0.1, 0.15) is 5.75 Å². The van der Waals surface area contributed by atoms with Gasteiger partial charge in [0.05, 0.1) is 11.0 Å². The van der Waals surface area contributed by atoms with Crippen molar-refractivity contribution >= 4 is 21.9 Å². The van der Waals surface area contributed by atoms with E-state index in [4.69, 9.17) is 4.74 Å². The van der Waals surface area contributed by atoms with Crippen molar-refractivity contribution in [1.82, 2.24) is 0 Å². The lowest BCUT2D eigenvalue weighted by molar-refractivity contribution is -0.143. The first-order valence-corrected chi connectivity index (χ1v) is 8.35. The number of carbonyl (C=O) groups is 1. The summed E-state index contributed by atoms with van der Waals surface area (Å²) in [5, 5.41) is 10.9. The maximum Gasteiger partial charge on any atom is 0.316 e. The van der Waals surface area contributed by atoms with E-state index in [1.165, 1.54) is 0 Å². The molecule has 4 heteroatoms. The summed E-state index contributed by atoms with van der Waals surface area (Å²) in [6.45, 7) is 9.22. The number of aliphatic hydroxyl groups is 1. The number of halogens is 1. The number of aryl methyl sites for hydroxylation is 1. The number of fused-ring (bicyclic) bond motifs is 1. The Hall–Kier alpha value is -1.13. The zero-order valence-electron chi connectivity index (χ0n) is 13.4. The van der Waals surface area contributed by atoms with Crippen LogP contribution in [0.25, 0.3) is 0 Å². The highest BCUT2D eigenvalue weighted by molar-refractivity contribution is 9.10. The highest BCUT2D eigenvalue weighted by Crippen LogP contribution is 2.44. The molecule has 1 aromatic carbocycles. The minimum Gasteiger partial charge on any atom is -0.426 e. The van der Waals surface area contributed by atoms with E-state index in [2.05, 4.69) is 22.5 Å². The minimum atomic E-state index is -0.888. The van der Waals surface area contributed by atoms with E-state index >= 15 is 0 Å². The van der Waals surface area contributed by atoms with Gasteiger partial charge in [-0.05, 0) is 64.2 Å². The number of ether oxygens (including phenoxy) is 1. The molecular weight excluding hydrogens is 344 g/mol. The number of carbonyl (C=O) groups excluding carboxylic acids is 1. The largest absolute Gasteiger partial charge is 0.426 e. The van der Waals surface area contributed by atoms with Crippen LogP contribution in [0.4, 0.5) is 0 Å². The summed E-state index contributed by atoms with van der Waals surface area (Å²) in [6, 6.07) is 3.64. The highest BCUT2D eigenvalue weighted by atomic mass is 79.9. The number of benzene rings is 1. The summed E-state index contributed by atoms with van der Waals surface area (Å²) < 4.78 is 6.27. The second-order valence-electron chi connectivity index (χ2n) is 6.96. The predicted octanol–water partition coefficient (Wildman–Crippen LogP) is 4.50. The van der Waals surface area contributed by atoms with Crippen molar-refractivity contribution in [2.45, 2.75) is 52.1 Å². The summed E-state index contributed by atoms with van der Waals surface area (Å²) in [7, 11) is 0. The van der Waals surface area contributed by atoms with Crippen LogP contribution in [0.15, 0.2) is 29.3 Å². The molecule has 1 N–H and O–H groups in total. The van der Waals surface area contributed by atoms with E-state index in [1.807, 2.05) is 26.8 Å². The third kappa shape index (κ3) is 3.44. The van der Waals surface area contributed by atoms with Gasteiger partial charge in [0.15, 0.2) is 0 Å². The molecule has 2 rings (SSSR count). The van der Waals surface area contributed by atoms with Gasteiger partial charge in [0.25, 0.3) is 0 Å². The lowest BCUT2D eigenvalue weighted by atomic mass is 9.77. The van der Waals surface area contributed by atoms with E-state index in [-0.39, 0.29) is 5.97 Å². The molecule has 0 radical (unpaired) electrons. The van der Waals surface area contributed by atoms with Crippen molar-refractivity contribution < 1.29 is 14.6 Å². The zero-order chi connectivity index (χ0) is 16.5. The number of hydrogen-bond donors (Lipinski definition) is 1. The Labute approximate surface area is 140 Å². The Morgan fingerprint density at radius 1 is 1.50 bits per heavy atom. The average molecular weight is 367 g/mol. The standard InChI is InChI=1S/C18H23BrO3/c1-5-8-18(21)9-6-7-12-10-13(11-14(19)15(12)18)22-16(20)17(2,3)4/h5,10-11,21H,1,6-9H2,2-4H3. The monoisotopic (exact) mass is 366 g/mol. The number of hydrogen-bond acceptors (Lipinski definition) is 3. The molecule has 0 aliphatic heterocycles. The topological polar surface area (TPSA) is 46.5 Å². The minimum absolute atomic E-state index is 0.267. The van der Waals surface area contributed by atoms with Crippen LogP contribution in [0.5, 0.6) is 5.75 Å². The SMILES string of the molecule is C=CCC1(O)CCCc2cc(OC(=O)C(C)(C)C)cc(Br)c21. The highest BCUT2D eigenvalue weighted by Gasteiger charge is 2.35. The average Bonchev–Trinajstić information content (AvgIpc) is 2.37. The molecular formula is C18H23BrO3. The van der Waals surface area contributed by atoms with Gasteiger partial charge in [0.2, 0.25) is 0 Å². The summed E-state index contributed by atoms with van der Waals surface area (Å²) in [4.78, 5) is 12.0. The van der Waals surface area contributed by atoms with Crippen molar-refractivity contribution in [2.75, 3.05) is 0 Å². The Bertz CT molecular complexity index is 601. The maximum atomic E-state index is 12.0. The predicted molar refractivity (Wildman–Crippen MR) is 90.9 cm³/mol. The molecule has 0 heterocycles. The smallest absolute Gasteiger partial charge is 0.316 e. The van der Waals surface area contributed by atoms with Gasteiger partial charge in [-0.15, -0.1) is 6.58 Å². The van der Waals surface area contributed by atoms with Crippen molar-refractivity contribution in [1.29, 1.82) is 0 Å². The fourth-order valence-corrected chi connectivity index (χ4v) is 3.66. The lowest BCUT2D eigenvalue weighted by Gasteiger charge is -2.35. The van der Waals surface area contributed by atoms with Gasteiger partial charge in [0, 0.05) is 10.0 Å². The van der Waals surface area contributed by atoms with Crippen LogP contribution in [0.1, 0.15) is 51.2 Å². The second-order valence-corrected chi connectivity index (χ2v) is 7.81. The molecule has 1 aliphatic rings. The van der Waals surface area contributed by atoms with Gasteiger partial charge >= 0.3 is 5.97 Å². The van der Waals surface area contributed by atoms with E-state index in [9.17, 15) is 9.90 Å². The first-order valence-electron chi connectivity index (χ1n) is 7.56. The van der Waals surface area contributed by atoms with Crippen molar-refractivity contribution in [2.24, 2.45) is 5.41 Å². The van der Waals surface area contributed by atoms with Gasteiger partial charge in [-0.1, -0.05) is 22.0 Å². The molecule has 1 unspecified atom stereocenters. The fraction of sp³-hybridized carbons (Fsp3) is 0.500. The molecule has 0 amide bonds. The van der Waals surface area contributed by atoms with Gasteiger partial charge in [-0.3, -0.25) is 4.79 Å². The van der Waals surface area contributed by atoms with Gasteiger partial charge in [-0.25, -0.2) is 0 Å². The van der Waals surface area contributed by atoms with Crippen LogP contribution in [0.3, 0.4) is 0 Å². The quantitative estimate of drug-likeness (QED) is 0.486. The van der Waals surface area contributed by atoms with Crippen molar-refractivity contribution in [3.63, 3.8) is 0 Å². The molecule has 120 valence electrons. The lowest BCUT2D eigenvalue weighted by Crippen LogP contribution is -2.31. The first kappa shape index (κ1) is 17.2. The molecule has 1 aliphatic carbocycles. The van der Waals surface area contributed by atoms with Crippen molar-refractivity contribution in [3.05, 3.63) is 40.4 Å². The fourth-order valence-electron chi connectivity index (χ4n) is 2.81. The molecule has 0 spiro atoms. The van der Waals surface area contributed by atoms with Crippen molar-refractivity contribution in [3.8, 4) is 5.75 Å². The molecule has 0 saturated heterocycles. The first-order chi connectivity index (χ1) is 10.2. The maximum absolute atomic E-state index is 12.0. The molecule has 0 saturated carbocycles. The third-order valence-electron chi connectivity index (χ3n) is 3.95. The van der Waals surface area contributed by atoms with Crippen LogP contribution < -0.4 is 4.74 Å². The Morgan fingerprint density at radius 3 is 2.77 bits per heavy atom. The summed E-state index contributed by atoms with van der Waals surface area (Å²) in [5.74, 6) is 0.255. The summed E-state index contributed by atoms with van der Waals surface area (Å²) in [5.41, 5.74) is 0.489. The van der Waals surface area contributed by atoms with Crippen LogP contribution >= 0.6 is 15.9 Å². The van der Waals surface area contributed by atoms with Crippen LogP contribution in [0.2, 0.25) is 0 Å². The molecule has 0 fully saturated rings. The Kier molecular flexibility index (Phi) is 4.83. The second kappa shape index (κ2) is 6.17. The molecule has 22 heavy (non-hydrogen) atoms. The van der Waals surface area contributed by atoms with Crippen LogP contribution in [-0.2, 0) is 16.8 Å². The molecule has 0 bridgehead atoms. The molecule has 3 nitrogen and oxygen atoms in total. The van der Waals surface area contributed by atoms with E-state index in [0.29, 0.717) is 18.6 Å². The van der Waals surface area contributed by atoms with E-state index in [1.54, 1.807) is 12.1 Å². The molecule has 1 atom stereocenters. The van der Waals surface area contributed by atoms with E-state index in [0.717, 1.165) is 28.4 Å². The van der Waals surface area contributed by atoms with Gasteiger partial charge in [-0.2, -0.15) is 0 Å². The van der Waals surface area contributed by atoms with Gasteiger partial charge < -0.3 is 9.84 Å². The number of esters is 1. The zero-order valence-corrected chi connectivity index (χ0v) is 15.0. The number of rotatable bonds is 3. The van der Waals surface area contributed by atoms with Crippen LogP contribution in [-0.4, -0.2) is 11.1 Å². The Morgan fingerprint density at radius 2 is 2.18 bits per heavy atom. The normalized spacial score (nSPS) is 21.1. The molecule has 1 aromatic rings. The molecule has 0 aromatic heterocycles. The van der Waals surface area contributed by atoms with E-state index < -0.39 is 11.0 Å².